The van der Waals surface area contributed by atoms with Crippen LogP contribution in [0.25, 0.3) is 72.0 Å². The van der Waals surface area contributed by atoms with E-state index in [-0.39, 0.29) is 0 Å². The van der Waals surface area contributed by atoms with Crippen molar-refractivity contribution < 1.29 is 4.42 Å². The molecule has 0 atom stereocenters. The monoisotopic (exact) mass is 511 g/mol. The molecule has 2 nitrogen and oxygen atoms in total. The topological polar surface area (TPSA) is 18.1 Å². The summed E-state index contributed by atoms with van der Waals surface area (Å²) in [6, 6.07) is 53.5. The van der Waals surface area contributed by atoms with Gasteiger partial charge in [-0.05, 0) is 47.5 Å². The van der Waals surface area contributed by atoms with Crippen LogP contribution in [0.3, 0.4) is 0 Å². The summed E-state index contributed by atoms with van der Waals surface area (Å²) < 4.78 is 9.19. The normalized spacial score (nSPS) is 11.5. The van der Waals surface area contributed by atoms with Crippen LogP contribution < -0.4 is 0 Å². The number of benzene rings is 6. The lowest BCUT2D eigenvalue weighted by molar-refractivity contribution is 0.602. The molecule has 188 valence electrons. The van der Waals surface area contributed by atoms with E-state index < -0.39 is 0 Å². The minimum absolute atomic E-state index is 0.895. The second kappa shape index (κ2) is 9.14. The zero-order valence-corrected chi connectivity index (χ0v) is 21.8. The van der Waals surface area contributed by atoms with Crippen molar-refractivity contribution in [3.63, 3.8) is 0 Å². The Hall–Kier alpha value is -5.34. The second-order valence-electron chi connectivity index (χ2n) is 10.1. The molecule has 0 radical (unpaired) electrons. The van der Waals surface area contributed by atoms with Gasteiger partial charge in [-0.2, -0.15) is 0 Å². The van der Waals surface area contributed by atoms with E-state index in [1.54, 1.807) is 0 Å². The van der Waals surface area contributed by atoms with Gasteiger partial charge in [-0.3, -0.25) is 0 Å². The third-order valence-electron chi connectivity index (χ3n) is 7.83. The quantitative estimate of drug-likeness (QED) is 0.230. The van der Waals surface area contributed by atoms with Crippen molar-refractivity contribution >= 4 is 32.6 Å². The Labute approximate surface area is 232 Å². The molecule has 0 aliphatic carbocycles. The summed E-state index contributed by atoms with van der Waals surface area (Å²) in [5.74, 6) is 1.80. The molecule has 2 aromatic heterocycles. The first kappa shape index (κ1) is 22.6. The number of hydrogen-bond acceptors (Lipinski definition) is 1. The van der Waals surface area contributed by atoms with Gasteiger partial charge in [0.15, 0.2) is 0 Å². The van der Waals surface area contributed by atoms with Crippen LogP contribution in [-0.2, 0) is 0 Å². The smallest absolute Gasteiger partial charge is 0.143 e. The lowest BCUT2D eigenvalue weighted by atomic mass is 9.96. The van der Waals surface area contributed by atoms with E-state index in [9.17, 15) is 0 Å². The lowest BCUT2D eigenvalue weighted by Gasteiger charge is -2.08. The molecular formula is C38H25NO. The molecule has 0 amide bonds. The van der Waals surface area contributed by atoms with E-state index in [1.807, 2.05) is 0 Å². The van der Waals surface area contributed by atoms with Gasteiger partial charge in [0.25, 0.3) is 0 Å². The predicted molar refractivity (Wildman–Crippen MR) is 167 cm³/mol. The fraction of sp³-hybridized carbons (Fsp3) is 0. The maximum absolute atomic E-state index is 6.85. The summed E-state index contributed by atoms with van der Waals surface area (Å²) >= 11 is 0. The average Bonchev–Trinajstić information content (AvgIpc) is 3.58. The molecule has 0 fully saturated rings. The van der Waals surface area contributed by atoms with Crippen molar-refractivity contribution in [2.45, 2.75) is 0 Å². The molecule has 0 unspecified atom stereocenters. The van der Waals surface area contributed by atoms with Crippen LogP contribution in [0.15, 0.2) is 156 Å². The van der Waals surface area contributed by atoms with Crippen LogP contribution in [-0.4, -0.2) is 4.57 Å². The molecule has 0 spiro atoms. The Balaban J connectivity index is 1.37. The van der Waals surface area contributed by atoms with E-state index in [1.165, 1.54) is 27.4 Å². The SMILES string of the molecule is c1ccc(-c2ccccc2-c2oc(-c3ccc4c(c3)c3ccccc3n4-c3ccccc3)c3ccccc23)cc1. The molecule has 2 heteroatoms. The van der Waals surface area contributed by atoms with Crippen LogP contribution in [0.4, 0.5) is 0 Å². The minimum Gasteiger partial charge on any atom is -0.455 e. The second-order valence-corrected chi connectivity index (χ2v) is 10.1. The first-order valence-electron chi connectivity index (χ1n) is 13.6. The molecule has 0 aliphatic heterocycles. The van der Waals surface area contributed by atoms with Gasteiger partial charge in [-0.25, -0.2) is 0 Å². The van der Waals surface area contributed by atoms with Gasteiger partial charge in [0.2, 0.25) is 0 Å². The Kier molecular flexibility index (Phi) is 5.17. The van der Waals surface area contributed by atoms with Gasteiger partial charge in [0, 0.05) is 38.4 Å². The standard InChI is InChI=1S/C38H25NO/c1-3-13-26(14-4-1)29-17-7-8-19-31(29)38-33-21-10-9-20-32(33)37(40-38)27-23-24-36-34(25-27)30-18-11-12-22-35(30)39(36)28-15-5-2-6-16-28/h1-25H. The molecule has 0 N–H and O–H groups in total. The molecule has 0 aliphatic rings. The van der Waals surface area contributed by atoms with E-state index in [2.05, 4.69) is 156 Å². The maximum Gasteiger partial charge on any atom is 0.143 e. The zero-order chi connectivity index (χ0) is 26.5. The number of para-hydroxylation sites is 2. The number of aromatic nitrogens is 1. The molecular weight excluding hydrogens is 486 g/mol. The molecule has 8 aromatic rings. The highest BCUT2D eigenvalue weighted by atomic mass is 16.3. The van der Waals surface area contributed by atoms with E-state index in [4.69, 9.17) is 4.42 Å². The molecule has 0 saturated heterocycles. The Morgan fingerprint density at radius 2 is 0.950 bits per heavy atom. The van der Waals surface area contributed by atoms with Gasteiger partial charge in [0.1, 0.15) is 11.5 Å². The molecule has 0 saturated carbocycles. The Morgan fingerprint density at radius 1 is 0.375 bits per heavy atom. The van der Waals surface area contributed by atoms with Gasteiger partial charge >= 0.3 is 0 Å². The summed E-state index contributed by atoms with van der Waals surface area (Å²) in [5.41, 5.74) is 8.04. The summed E-state index contributed by atoms with van der Waals surface area (Å²) in [4.78, 5) is 0. The van der Waals surface area contributed by atoms with Crippen LogP contribution in [0.5, 0.6) is 0 Å². The highest BCUT2D eigenvalue weighted by Crippen LogP contribution is 2.43. The largest absolute Gasteiger partial charge is 0.455 e. The fourth-order valence-corrected chi connectivity index (χ4v) is 6.03. The van der Waals surface area contributed by atoms with Crippen molar-refractivity contribution in [1.29, 1.82) is 0 Å². The summed E-state index contributed by atoms with van der Waals surface area (Å²) in [6.45, 7) is 0. The summed E-state index contributed by atoms with van der Waals surface area (Å²) in [6.07, 6.45) is 0. The molecule has 40 heavy (non-hydrogen) atoms. The van der Waals surface area contributed by atoms with Crippen molar-refractivity contribution in [1.82, 2.24) is 4.57 Å². The number of hydrogen-bond donors (Lipinski definition) is 0. The van der Waals surface area contributed by atoms with Gasteiger partial charge < -0.3 is 8.98 Å². The molecule has 6 aromatic carbocycles. The van der Waals surface area contributed by atoms with Crippen LogP contribution in [0, 0.1) is 0 Å². The van der Waals surface area contributed by atoms with Crippen molar-refractivity contribution in [3.05, 3.63) is 152 Å². The molecule has 2 heterocycles. The molecule has 0 bridgehead atoms. The van der Waals surface area contributed by atoms with E-state index in [0.29, 0.717) is 0 Å². The maximum atomic E-state index is 6.85. The predicted octanol–water partition coefficient (Wildman–Crippen LogP) is 10.5. The van der Waals surface area contributed by atoms with Gasteiger partial charge in [-0.15, -0.1) is 0 Å². The van der Waals surface area contributed by atoms with Gasteiger partial charge in [-0.1, -0.05) is 115 Å². The summed E-state index contributed by atoms with van der Waals surface area (Å²) in [7, 11) is 0. The van der Waals surface area contributed by atoms with Crippen molar-refractivity contribution in [2.75, 3.05) is 0 Å². The van der Waals surface area contributed by atoms with Crippen LogP contribution >= 0.6 is 0 Å². The molecule has 8 rings (SSSR count). The first-order valence-corrected chi connectivity index (χ1v) is 13.6. The van der Waals surface area contributed by atoms with Crippen molar-refractivity contribution in [3.8, 4) is 39.5 Å². The van der Waals surface area contributed by atoms with E-state index >= 15 is 0 Å². The Morgan fingerprint density at radius 3 is 1.73 bits per heavy atom. The summed E-state index contributed by atoms with van der Waals surface area (Å²) in [5, 5.41) is 4.68. The number of fused-ring (bicyclic) bond motifs is 4. The van der Waals surface area contributed by atoms with Crippen LogP contribution in [0.2, 0.25) is 0 Å². The Bertz CT molecular complexity index is 2150. The highest BCUT2D eigenvalue weighted by Gasteiger charge is 2.20. The zero-order valence-electron chi connectivity index (χ0n) is 21.8. The van der Waals surface area contributed by atoms with Crippen molar-refractivity contribution in [2.24, 2.45) is 0 Å². The lowest BCUT2D eigenvalue weighted by Crippen LogP contribution is -1.92. The highest BCUT2D eigenvalue weighted by molar-refractivity contribution is 6.12. The van der Waals surface area contributed by atoms with Gasteiger partial charge in [0.05, 0.1) is 11.0 Å². The third kappa shape index (κ3) is 3.50. The van der Waals surface area contributed by atoms with Crippen LogP contribution in [0.1, 0.15) is 0 Å². The van der Waals surface area contributed by atoms with E-state index in [0.717, 1.165) is 44.7 Å². The number of rotatable bonds is 4. The number of nitrogens with zero attached hydrogens (tertiary/aromatic N) is 1. The number of furan rings is 1. The first-order chi connectivity index (χ1) is 19.9. The minimum atomic E-state index is 0.895. The average molecular weight is 512 g/mol. The third-order valence-corrected chi connectivity index (χ3v) is 7.83. The fourth-order valence-electron chi connectivity index (χ4n) is 6.03.